The summed E-state index contributed by atoms with van der Waals surface area (Å²) < 4.78 is 2.12. The topological polar surface area (TPSA) is 41.6 Å². The summed E-state index contributed by atoms with van der Waals surface area (Å²) >= 11 is 4.21. The van der Waals surface area contributed by atoms with Crippen molar-refractivity contribution in [2.45, 2.75) is 19.4 Å². The van der Waals surface area contributed by atoms with Gasteiger partial charge in [0.2, 0.25) is 0 Å². The van der Waals surface area contributed by atoms with Crippen LogP contribution in [0.4, 0.5) is 0 Å². The number of aromatic nitrogens is 2. The molecule has 0 N–H and O–H groups in total. The molecule has 2 rings (SSSR count). The molecule has 0 aliphatic rings. The van der Waals surface area contributed by atoms with Gasteiger partial charge in [-0.2, -0.15) is 17.9 Å². The van der Waals surface area contributed by atoms with Gasteiger partial charge in [0.05, 0.1) is 23.5 Å². The molecule has 1 aromatic carbocycles. The molecule has 2 aromatic rings. The molecule has 0 radical (unpaired) electrons. The molecule has 0 aliphatic heterocycles. The Kier molecular flexibility index (Phi) is 3.47. The largest absolute Gasteiger partial charge is 0.327 e. The van der Waals surface area contributed by atoms with Crippen molar-refractivity contribution in [3.63, 3.8) is 0 Å². The molecule has 4 heteroatoms. The van der Waals surface area contributed by atoms with E-state index in [9.17, 15) is 0 Å². The van der Waals surface area contributed by atoms with Gasteiger partial charge >= 0.3 is 0 Å². The molecule has 0 saturated carbocycles. The predicted octanol–water partition coefficient (Wildman–Crippen LogP) is 2.42. The summed E-state index contributed by atoms with van der Waals surface area (Å²) in [7, 11) is 0. The van der Waals surface area contributed by atoms with Crippen LogP contribution in [0.5, 0.6) is 0 Å². The molecule has 3 nitrogen and oxygen atoms in total. The van der Waals surface area contributed by atoms with E-state index in [1.807, 2.05) is 24.3 Å². The molecule has 0 aliphatic carbocycles. The number of hydrogen-bond donors (Lipinski definition) is 1. The summed E-state index contributed by atoms with van der Waals surface area (Å²) in [5, 5.41) is 8.78. The van der Waals surface area contributed by atoms with E-state index in [0.717, 1.165) is 35.6 Å². The maximum absolute atomic E-state index is 8.78. The highest BCUT2D eigenvalue weighted by atomic mass is 32.1. The van der Waals surface area contributed by atoms with E-state index in [1.165, 1.54) is 0 Å². The average Bonchev–Trinajstić information content (AvgIpc) is 2.65. The first-order valence-corrected chi connectivity index (χ1v) is 5.92. The maximum atomic E-state index is 8.78. The van der Waals surface area contributed by atoms with Crippen LogP contribution < -0.4 is 0 Å². The summed E-state index contributed by atoms with van der Waals surface area (Å²) in [5.74, 6) is 1.70. The van der Waals surface area contributed by atoms with Crippen molar-refractivity contribution in [2.75, 3.05) is 5.75 Å². The van der Waals surface area contributed by atoms with Crippen LogP contribution in [0.15, 0.2) is 24.3 Å². The number of imidazole rings is 1. The lowest BCUT2D eigenvalue weighted by molar-refractivity contribution is 0.673. The Labute approximate surface area is 100 Å². The highest BCUT2D eigenvalue weighted by Gasteiger charge is 2.08. The number of nitriles is 1. The Bertz CT molecular complexity index is 525. The fourth-order valence-corrected chi connectivity index (χ4v) is 1.95. The third-order valence-corrected chi connectivity index (χ3v) is 2.83. The Morgan fingerprint density at radius 2 is 2.19 bits per heavy atom. The highest BCUT2D eigenvalue weighted by molar-refractivity contribution is 7.80. The quantitative estimate of drug-likeness (QED) is 0.821. The van der Waals surface area contributed by atoms with Crippen LogP contribution in [0, 0.1) is 11.3 Å². The fourth-order valence-electron chi connectivity index (χ4n) is 1.81. The van der Waals surface area contributed by atoms with Crippen molar-refractivity contribution in [2.24, 2.45) is 0 Å². The normalized spacial score (nSPS) is 10.5. The van der Waals surface area contributed by atoms with E-state index >= 15 is 0 Å². The lowest BCUT2D eigenvalue weighted by Gasteiger charge is -2.05. The van der Waals surface area contributed by atoms with Crippen LogP contribution >= 0.6 is 12.6 Å². The van der Waals surface area contributed by atoms with E-state index in [0.29, 0.717) is 6.42 Å². The molecule has 0 unspecified atom stereocenters. The van der Waals surface area contributed by atoms with Gasteiger partial charge in [0.1, 0.15) is 5.82 Å². The van der Waals surface area contributed by atoms with Crippen molar-refractivity contribution in [3.05, 3.63) is 30.1 Å². The molecule has 0 amide bonds. The number of rotatable bonds is 4. The Morgan fingerprint density at radius 3 is 2.94 bits per heavy atom. The van der Waals surface area contributed by atoms with Crippen LogP contribution in [0.3, 0.4) is 0 Å². The van der Waals surface area contributed by atoms with Crippen molar-refractivity contribution >= 4 is 23.7 Å². The Hall–Kier alpha value is -1.47. The van der Waals surface area contributed by atoms with Gasteiger partial charge < -0.3 is 4.57 Å². The number of aryl methyl sites for hydroxylation is 1. The van der Waals surface area contributed by atoms with Crippen LogP contribution in [-0.2, 0) is 13.0 Å². The van der Waals surface area contributed by atoms with Gasteiger partial charge in [0.25, 0.3) is 0 Å². The second-order valence-corrected chi connectivity index (χ2v) is 4.03. The van der Waals surface area contributed by atoms with Crippen LogP contribution in [-0.4, -0.2) is 15.3 Å². The minimum Gasteiger partial charge on any atom is -0.327 e. The average molecular weight is 231 g/mol. The first kappa shape index (κ1) is 11.0. The third kappa shape index (κ3) is 2.05. The van der Waals surface area contributed by atoms with E-state index in [-0.39, 0.29) is 0 Å². The molecule has 82 valence electrons. The molecule has 16 heavy (non-hydrogen) atoms. The Balaban J connectivity index is 2.47. The van der Waals surface area contributed by atoms with Gasteiger partial charge in [-0.1, -0.05) is 12.1 Å². The number of para-hydroxylation sites is 2. The van der Waals surface area contributed by atoms with Crippen molar-refractivity contribution in [1.29, 1.82) is 5.26 Å². The SMILES string of the molecule is N#CCc1nc2ccccc2n1CCCS. The van der Waals surface area contributed by atoms with Gasteiger partial charge in [0, 0.05) is 6.54 Å². The molecule has 0 spiro atoms. The van der Waals surface area contributed by atoms with E-state index in [2.05, 4.69) is 28.2 Å². The van der Waals surface area contributed by atoms with Crippen LogP contribution in [0.25, 0.3) is 11.0 Å². The minimum absolute atomic E-state index is 0.362. The van der Waals surface area contributed by atoms with Crippen molar-refractivity contribution < 1.29 is 0 Å². The zero-order chi connectivity index (χ0) is 11.4. The molecule has 1 aromatic heterocycles. The number of hydrogen-bond acceptors (Lipinski definition) is 3. The first-order chi connectivity index (χ1) is 7.86. The van der Waals surface area contributed by atoms with E-state index in [1.54, 1.807) is 0 Å². The summed E-state index contributed by atoms with van der Waals surface area (Å²) in [6.07, 6.45) is 1.35. The summed E-state index contributed by atoms with van der Waals surface area (Å²) in [6, 6.07) is 10.1. The van der Waals surface area contributed by atoms with Gasteiger partial charge in [-0.05, 0) is 24.3 Å². The summed E-state index contributed by atoms with van der Waals surface area (Å²) in [4.78, 5) is 4.47. The predicted molar refractivity (Wildman–Crippen MR) is 67.5 cm³/mol. The lowest BCUT2D eigenvalue weighted by atomic mass is 10.3. The monoisotopic (exact) mass is 231 g/mol. The van der Waals surface area contributed by atoms with Gasteiger partial charge in [-0.25, -0.2) is 4.98 Å². The molecule has 0 atom stereocenters. The number of thiol groups is 1. The molecule has 0 fully saturated rings. The van der Waals surface area contributed by atoms with Gasteiger partial charge in [0.15, 0.2) is 0 Å². The second kappa shape index (κ2) is 5.04. The van der Waals surface area contributed by atoms with E-state index < -0.39 is 0 Å². The molecular weight excluding hydrogens is 218 g/mol. The fraction of sp³-hybridized carbons (Fsp3) is 0.333. The number of nitrogens with zero attached hydrogens (tertiary/aromatic N) is 3. The molecule has 1 heterocycles. The third-order valence-electron chi connectivity index (χ3n) is 2.51. The minimum atomic E-state index is 0.362. The molecular formula is C12H13N3S. The summed E-state index contributed by atoms with van der Waals surface area (Å²) in [5.41, 5.74) is 2.07. The smallest absolute Gasteiger partial charge is 0.124 e. The maximum Gasteiger partial charge on any atom is 0.124 e. The van der Waals surface area contributed by atoms with Gasteiger partial charge in [-0.15, -0.1) is 0 Å². The lowest BCUT2D eigenvalue weighted by Crippen LogP contribution is -2.03. The summed E-state index contributed by atoms with van der Waals surface area (Å²) in [6.45, 7) is 0.876. The highest BCUT2D eigenvalue weighted by Crippen LogP contribution is 2.16. The van der Waals surface area contributed by atoms with E-state index in [4.69, 9.17) is 5.26 Å². The van der Waals surface area contributed by atoms with Gasteiger partial charge in [-0.3, -0.25) is 0 Å². The van der Waals surface area contributed by atoms with Crippen molar-refractivity contribution in [3.8, 4) is 6.07 Å². The second-order valence-electron chi connectivity index (χ2n) is 3.58. The molecule has 0 saturated heterocycles. The van der Waals surface area contributed by atoms with Crippen LogP contribution in [0.2, 0.25) is 0 Å². The number of benzene rings is 1. The van der Waals surface area contributed by atoms with Crippen LogP contribution in [0.1, 0.15) is 12.2 Å². The first-order valence-electron chi connectivity index (χ1n) is 5.28. The standard InChI is InChI=1S/C12H13N3S/c13-7-6-12-14-10-4-1-2-5-11(10)15(12)8-3-9-16/h1-2,4-5,16H,3,6,8-9H2. The number of fused-ring (bicyclic) bond motifs is 1. The zero-order valence-electron chi connectivity index (χ0n) is 8.93. The Morgan fingerprint density at radius 1 is 1.38 bits per heavy atom. The molecule has 0 bridgehead atoms. The van der Waals surface area contributed by atoms with Crippen molar-refractivity contribution in [1.82, 2.24) is 9.55 Å². The zero-order valence-corrected chi connectivity index (χ0v) is 9.82.